The first-order valence-corrected chi connectivity index (χ1v) is 14.1. The van der Waals surface area contributed by atoms with E-state index in [9.17, 15) is 19.6 Å². The molecule has 0 aliphatic carbocycles. The first kappa shape index (κ1) is 30.2. The van der Waals surface area contributed by atoms with Crippen molar-refractivity contribution in [2.75, 3.05) is 25.0 Å². The Hall–Kier alpha value is -3.82. The highest BCUT2D eigenvalue weighted by Gasteiger charge is 2.25. The van der Waals surface area contributed by atoms with Gasteiger partial charge in [-0.2, -0.15) is 0 Å². The Bertz CT molecular complexity index is 1350. The molecule has 8 nitrogen and oxygen atoms in total. The third kappa shape index (κ3) is 8.34. The number of likely N-dealkylation sites (tertiary alicyclic amines) is 1. The number of hydrogen-bond donors (Lipinski definition) is 3. The highest BCUT2D eigenvalue weighted by Crippen LogP contribution is 2.30. The Morgan fingerprint density at radius 2 is 1.71 bits per heavy atom. The summed E-state index contributed by atoms with van der Waals surface area (Å²) in [5, 5.41) is 22.2. The SMILES string of the molecule is CN(Cc1ccccc1B(O)O)c1cccc(C(=O)N2CCC(c3cccc(CNC(=O)OC(C)(C)C)c3)CC2)c1. The number of benzene rings is 3. The van der Waals surface area contributed by atoms with Gasteiger partial charge in [-0.15, -0.1) is 0 Å². The van der Waals surface area contributed by atoms with Crippen molar-refractivity contribution < 1.29 is 24.4 Å². The van der Waals surface area contributed by atoms with Crippen LogP contribution in [0.15, 0.2) is 72.8 Å². The number of alkyl carbamates (subject to hydrolysis) is 1. The van der Waals surface area contributed by atoms with Crippen LogP contribution in [0.1, 0.15) is 66.6 Å². The van der Waals surface area contributed by atoms with E-state index in [0.29, 0.717) is 43.1 Å². The van der Waals surface area contributed by atoms with Crippen LogP contribution in [0.5, 0.6) is 0 Å². The van der Waals surface area contributed by atoms with E-state index in [1.165, 1.54) is 5.56 Å². The molecule has 1 heterocycles. The predicted molar refractivity (Wildman–Crippen MR) is 162 cm³/mol. The van der Waals surface area contributed by atoms with E-state index in [-0.39, 0.29) is 5.91 Å². The summed E-state index contributed by atoms with van der Waals surface area (Å²) in [6.07, 6.45) is 1.31. The van der Waals surface area contributed by atoms with Crippen molar-refractivity contribution in [3.05, 3.63) is 95.1 Å². The fraction of sp³-hybridized carbons (Fsp3) is 0.375. The second kappa shape index (κ2) is 13.2. The number of amides is 2. The van der Waals surface area contributed by atoms with Crippen molar-refractivity contribution in [3.8, 4) is 0 Å². The summed E-state index contributed by atoms with van der Waals surface area (Å²) in [6, 6.07) is 23.1. The molecular formula is C32H40BN3O5. The summed E-state index contributed by atoms with van der Waals surface area (Å²) in [6.45, 7) is 7.74. The number of anilines is 1. The average molecular weight is 558 g/mol. The lowest BCUT2D eigenvalue weighted by Crippen LogP contribution is -2.38. The third-order valence-electron chi connectivity index (χ3n) is 7.32. The van der Waals surface area contributed by atoms with Gasteiger partial charge in [-0.3, -0.25) is 4.79 Å². The third-order valence-corrected chi connectivity index (χ3v) is 7.32. The summed E-state index contributed by atoms with van der Waals surface area (Å²) in [4.78, 5) is 29.3. The summed E-state index contributed by atoms with van der Waals surface area (Å²) >= 11 is 0. The van der Waals surface area contributed by atoms with E-state index in [2.05, 4.69) is 17.4 Å². The molecule has 1 saturated heterocycles. The van der Waals surface area contributed by atoms with E-state index in [1.54, 1.807) is 12.1 Å². The second-order valence-corrected chi connectivity index (χ2v) is 11.6. The smallest absolute Gasteiger partial charge is 0.444 e. The number of piperidine rings is 1. The van der Waals surface area contributed by atoms with Crippen LogP contribution in [-0.2, 0) is 17.8 Å². The van der Waals surface area contributed by atoms with E-state index >= 15 is 0 Å². The van der Waals surface area contributed by atoms with Gasteiger partial charge in [0.2, 0.25) is 0 Å². The molecule has 0 saturated carbocycles. The maximum Gasteiger partial charge on any atom is 0.488 e. The number of carbonyl (C=O) groups excluding carboxylic acids is 2. The quantitative estimate of drug-likeness (QED) is 0.362. The zero-order valence-electron chi connectivity index (χ0n) is 24.3. The molecule has 0 aromatic heterocycles. The molecule has 0 atom stereocenters. The molecule has 1 fully saturated rings. The molecule has 3 aromatic rings. The molecule has 0 radical (unpaired) electrons. The molecule has 0 bridgehead atoms. The maximum absolute atomic E-state index is 13.4. The number of nitrogens with zero attached hydrogens (tertiary/aromatic N) is 2. The molecule has 0 spiro atoms. The van der Waals surface area contributed by atoms with Gasteiger partial charge < -0.3 is 29.9 Å². The minimum atomic E-state index is -1.54. The highest BCUT2D eigenvalue weighted by molar-refractivity contribution is 6.59. The molecule has 4 rings (SSSR count). The predicted octanol–water partition coefficient (Wildman–Crippen LogP) is 4.05. The summed E-state index contributed by atoms with van der Waals surface area (Å²) in [5.41, 5.74) is 4.50. The van der Waals surface area contributed by atoms with E-state index in [0.717, 1.165) is 29.7 Å². The fourth-order valence-corrected chi connectivity index (χ4v) is 5.20. The Balaban J connectivity index is 1.34. The number of hydrogen-bond acceptors (Lipinski definition) is 6. The molecule has 3 N–H and O–H groups in total. The van der Waals surface area contributed by atoms with Crippen molar-refractivity contribution in [2.45, 2.75) is 58.2 Å². The van der Waals surface area contributed by atoms with Crippen molar-refractivity contribution in [1.29, 1.82) is 0 Å². The molecule has 3 aromatic carbocycles. The summed E-state index contributed by atoms with van der Waals surface area (Å²) in [7, 11) is 0.388. The second-order valence-electron chi connectivity index (χ2n) is 11.6. The van der Waals surface area contributed by atoms with Gasteiger partial charge in [0.25, 0.3) is 5.91 Å². The standard InChI is InChI=1S/C32H40BN3O5/c1-32(2,3)41-31(38)34-21-23-9-7-11-25(19-23)24-15-17-36(18-16-24)30(37)26-12-8-13-28(20-26)35(4)22-27-10-5-6-14-29(27)33(39)40/h5-14,19-20,24,39-40H,15-18,21-22H2,1-4H3,(H,34,38). The molecule has 41 heavy (non-hydrogen) atoms. The van der Waals surface area contributed by atoms with Crippen molar-refractivity contribution >= 4 is 30.3 Å². The molecule has 0 unspecified atom stereocenters. The highest BCUT2D eigenvalue weighted by atomic mass is 16.6. The van der Waals surface area contributed by atoms with Crippen LogP contribution in [0.25, 0.3) is 0 Å². The van der Waals surface area contributed by atoms with Crippen molar-refractivity contribution in [3.63, 3.8) is 0 Å². The minimum absolute atomic E-state index is 0.0141. The van der Waals surface area contributed by atoms with Gasteiger partial charge in [0.15, 0.2) is 0 Å². The summed E-state index contributed by atoms with van der Waals surface area (Å²) in [5.74, 6) is 0.361. The molecule has 216 valence electrons. The lowest BCUT2D eigenvalue weighted by atomic mass is 9.77. The van der Waals surface area contributed by atoms with Gasteiger partial charge in [-0.05, 0) is 79.9 Å². The van der Waals surface area contributed by atoms with Crippen molar-refractivity contribution in [1.82, 2.24) is 10.2 Å². The maximum atomic E-state index is 13.4. The van der Waals surface area contributed by atoms with Gasteiger partial charge in [-0.1, -0.05) is 54.6 Å². The minimum Gasteiger partial charge on any atom is -0.444 e. The van der Waals surface area contributed by atoms with Crippen LogP contribution in [0.2, 0.25) is 0 Å². The van der Waals surface area contributed by atoms with E-state index in [1.807, 2.05) is 86.1 Å². The van der Waals surface area contributed by atoms with Gasteiger partial charge in [0, 0.05) is 44.5 Å². The van der Waals surface area contributed by atoms with Gasteiger partial charge >= 0.3 is 13.2 Å². The average Bonchev–Trinajstić information content (AvgIpc) is 2.95. The van der Waals surface area contributed by atoms with Crippen LogP contribution < -0.4 is 15.7 Å². The Labute approximate surface area is 243 Å². The Kier molecular flexibility index (Phi) is 9.73. The Morgan fingerprint density at radius 1 is 1.00 bits per heavy atom. The largest absolute Gasteiger partial charge is 0.488 e. The molecule has 1 aliphatic heterocycles. The zero-order chi connectivity index (χ0) is 29.6. The van der Waals surface area contributed by atoms with Gasteiger partial charge in [0.05, 0.1) is 0 Å². The van der Waals surface area contributed by atoms with Crippen molar-refractivity contribution in [2.24, 2.45) is 0 Å². The first-order valence-electron chi connectivity index (χ1n) is 14.1. The molecule has 2 amide bonds. The molecular weight excluding hydrogens is 517 g/mol. The first-order chi connectivity index (χ1) is 19.5. The fourth-order valence-electron chi connectivity index (χ4n) is 5.20. The van der Waals surface area contributed by atoms with E-state index in [4.69, 9.17) is 4.74 Å². The Morgan fingerprint density at radius 3 is 2.41 bits per heavy atom. The van der Waals surface area contributed by atoms with Crippen LogP contribution in [0.4, 0.5) is 10.5 Å². The van der Waals surface area contributed by atoms with Gasteiger partial charge in [0.1, 0.15) is 5.60 Å². The number of nitrogens with one attached hydrogen (secondary N) is 1. The zero-order valence-corrected chi connectivity index (χ0v) is 24.3. The number of carbonyl (C=O) groups is 2. The normalized spacial score (nSPS) is 14.0. The number of rotatable bonds is 8. The number of ether oxygens (including phenoxy) is 1. The lowest BCUT2D eigenvalue weighted by molar-refractivity contribution is 0.0523. The lowest BCUT2D eigenvalue weighted by Gasteiger charge is -2.32. The topological polar surface area (TPSA) is 102 Å². The van der Waals surface area contributed by atoms with Crippen LogP contribution >= 0.6 is 0 Å². The van der Waals surface area contributed by atoms with Crippen LogP contribution in [0, 0.1) is 0 Å². The monoisotopic (exact) mass is 557 g/mol. The van der Waals surface area contributed by atoms with Crippen LogP contribution in [0.3, 0.4) is 0 Å². The summed E-state index contributed by atoms with van der Waals surface area (Å²) < 4.78 is 5.33. The molecule has 1 aliphatic rings. The van der Waals surface area contributed by atoms with Crippen LogP contribution in [-0.4, -0.2) is 59.8 Å². The molecule has 9 heteroatoms. The van der Waals surface area contributed by atoms with E-state index < -0.39 is 18.8 Å². The van der Waals surface area contributed by atoms with Gasteiger partial charge in [-0.25, -0.2) is 4.79 Å².